The Kier molecular flexibility index (Phi) is 1.75. The Morgan fingerprint density at radius 1 is 1.80 bits per heavy atom. The molecule has 1 aliphatic heterocycles. The van der Waals surface area contributed by atoms with E-state index in [0.29, 0.717) is 0 Å². The third kappa shape index (κ3) is 1.61. The number of ether oxygens (including phenoxy) is 2. The van der Waals surface area contributed by atoms with E-state index in [2.05, 4.69) is 15.2 Å². The number of amides is 1. The summed E-state index contributed by atoms with van der Waals surface area (Å²) in [5.41, 5.74) is 4.69. The van der Waals surface area contributed by atoms with Crippen LogP contribution in [-0.4, -0.2) is 24.8 Å². The van der Waals surface area contributed by atoms with Gasteiger partial charge in [-0.15, -0.1) is 0 Å². The first kappa shape index (κ1) is 6.85. The Morgan fingerprint density at radius 2 is 2.50 bits per heavy atom. The van der Waals surface area contributed by atoms with Crippen LogP contribution in [0.25, 0.3) is 0 Å². The van der Waals surface area contributed by atoms with Crippen molar-refractivity contribution < 1.29 is 19.1 Å². The zero-order valence-corrected chi connectivity index (χ0v) is 5.20. The second-order valence-corrected chi connectivity index (χ2v) is 1.95. The molecule has 0 aromatic carbocycles. The minimum atomic E-state index is -0.872. The minimum absolute atomic E-state index is 0.114. The SMILES string of the molecule is NC(=O)O[C@@H]1COC(=O)C1. The van der Waals surface area contributed by atoms with Crippen LogP contribution >= 0.6 is 0 Å². The van der Waals surface area contributed by atoms with Crippen molar-refractivity contribution in [3.05, 3.63) is 0 Å². The molecular formula is C5H7NO4. The largest absolute Gasteiger partial charge is 0.462 e. The summed E-state index contributed by atoms with van der Waals surface area (Å²) in [7, 11) is 0. The minimum Gasteiger partial charge on any atom is -0.462 e. The van der Waals surface area contributed by atoms with Gasteiger partial charge in [-0.25, -0.2) is 4.79 Å². The van der Waals surface area contributed by atoms with Gasteiger partial charge in [0.15, 0.2) is 0 Å². The molecule has 1 fully saturated rings. The molecule has 0 radical (unpaired) electrons. The normalized spacial score (nSPS) is 24.0. The van der Waals surface area contributed by atoms with Gasteiger partial charge in [0.25, 0.3) is 0 Å². The maximum atomic E-state index is 10.4. The lowest BCUT2D eigenvalue weighted by molar-refractivity contribution is -0.137. The van der Waals surface area contributed by atoms with E-state index in [9.17, 15) is 9.59 Å². The maximum Gasteiger partial charge on any atom is 0.404 e. The average molecular weight is 145 g/mol. The van der Waals surface area contributed by atoms with Crippen molar-refractivity contribution in [1.82, 2.24) is 0 Å². The molecule has 1 rings (SSSR count). The van der Waals surface area contributed by atoms with Crippen molar-refractivity contribution >= 4 is 12.1 Å². The summed E-state index contributed by atoms with van der Waals surface area (Å²) < 4.78 is 8.97. The van der Waals surface area contributed by atoms with Gasteiger partial charge in [0.1, 0.15) is 12.7 Å². The lowest BCUT2D eigenvalue weighted by atomic mass is 10.3. The number of carbonyl (C=O) groups is 2. The first-order chi connectivity index (χ1) is 4.68. The predicted molar refractivity (Wildman–Crippen MR) is 30.0 cm³/mol. The molecule has 1 atom stereocenters. The van der Waals surface area contributed by atoms with E-state index in [1.807, 2.05) is 0 Å². The predicted octanol–water partition coefficient (Wildman–Crippen LogP) is -0.603. The van der Waals surface area contributed by atoms with Crippen LogP contribution in [0, 0.1) is 0 Å². The van der Waals surface area contributed by atoms with Crippen molar-refractivity contribution in [2.75, 3.05) is 6.61 Å². The monoisotopic (exact) mass is 145 g/mol. The van der Waals surface area contributed by atoms with Crippen molar-refractivity contribution in [3.63, 3.8) is 0 Å². The first-order valence-electron chi connectivity index (χ1n) is 2.80. The van der Waals surface area contributed by atoms with Crippen LogP contribution in [0.3, 0.4) is 0 Å². The molecule has 0 aliphatic carbocycles. The van der Waals surface area contributed by atoms with Gasteiger partial charge in [0.05, 0.1) is 6.42 Å². The van der Waals surface area contributed by atoms with E-state index in [1.165, 1.54) is 0 Å². The molecule has 0 spiro atoms. The van der Waals surface area contributed by atoms with Crippen molar-refractivity contribution in [2.24, 2.45) is 5.73 Å². The van der Waals surface area contributed by atoms with Crippen LogP contribution in [0.2, 0.25) is 0 Å². The summed E-state index contributed by atoms with van der Waals surface area (Å²) in [6, 6.07) is 0. The third-order valence-corrected chi connectivity index (χ3v) is 1.11. The lowest BCUT2D eigenvalue weighted by Gasteiger charge is -2.03. The summed E-state index contributed by atoms with van der Waals surface area (Å²) in [5, 5.41) is 0. The molecule has 1 heterocycles. The fraction of sp³-hybridized carbons (Fsp3) is 0.600. The highest BCUT2D eigenvalue weighted by atomic mass is 16.6. The highest BCUT2D eigenvalue weighted by Gasteiger charge is 2.26. The molecule has 1 aliphatic rings. The van der Waals surface area contributed by atoms with E-state index in [0.717, 1.165) is 0 Å². The van der Waals surface area contributed by atoms with Crippen LogP contribution < -0.4 is 5.73 Å². The fourth-order valence-corrected chi connectivity index (χ4v) is 0.730. The van der Waals surface area contributed by atoms with Gasteiger partial charge in [0.2, 0.25) is 0 Å². The molecule has 1 saturated heterocycles. The van der Waals surface area contributed by atoms with Gasteiger partial charge in [-0.05, 0) is 0 Å². The van der Waals surface area contributed by atoms with Crippen molar-refractivity contribution in [3.8, 4) is 0 Å². The molecule has 0 bridgehead atoms. The van der Waals surface area contributed by atoms with Gasteiger partial charge in [-0.2, -0.15) is 0 Å². The van der Waals surface area contributed by atoms with Crippen molar-refractivity contribution in [1.29, 1.82) is 0 Å². The van der Waals surface area contributed by atoms with Gasteiger partial charge >= 0.3 is 12.1 Å². The van der Waals surface area contributed by atoms with Gasteiger partial charge in [0, 0.05) is 0 Å². The Hall–Kier alpha value is -1.26. The Morgan fingerprint density at radius 3 is 2.90 bits per heavy atom. The summed E-state index contributed by atoms with van der Waals surface area (Å²) >= 11 is 0. The lowest BCUT2D eigenvalue weighted by Crippen LogP contribution is -2.22. The van der Waals surface area contributed by atoms with E-state index in [1.54, 1.807) is 0 Å². The number of nitrogens with two attached hydrogens (primary N) is 1. The van der Waals surface area contributed by atoms with E-state index in [4.69, 9.17) is 0 Å². The van der Waals surface area contributed by atoms with E-state index < -0.39 is 12.2 Å². The van der Waals surface area contributed by atoms with Crippen LogP contribution in [0.5, 0.6) is 0 Å². The average Bonchev–Trinajstić information content (AvgIpc) is 2.13. The number of cyclic esters (lactones) is 1. The molecule has 2 N–H and O–H groups in total. The molecule has 5 nitrogen and oxygen atoms in total. The molecular weight excluding hydrogens is 138 g/mol. The van der Waals surface area contributed by atoms with Crippen LogP contribution in [0.1, 0.15) is 6.42 Å². The molecule has 1 amide bonds. The van der Waals surface area contributed by atoms with Gasteiger partial charge in [-0.3, -0.25) is 4.79 Å². The first-order valence-corrected chi connectivity index (χ1v) is 2.80. The topological polar surface area (TPSA) is 78.6 Å². The molecule has 10 heavy (non-hydrogen) atoms. The zero-order valence-electron chi connectivity index (χ0n) is 5.20. The number of primary amides is 1. The second-order valence-electron chi connectivity index (χ2n) is 1.95. The number of hydrogen-bond donors (Lipinski definition) is 1. The zero-order chi connectivity index (χ0) is 7.56. The Bertz CT molecular complexity index is 167. The van der Waals surface area contributed by atoms with E-state index in [-0.39, 0.29) is 19.0 Å². The molecule has 56 valence electrons. The summed E-state index contributed by atoms with van der Waals surface area (Å²) in [6.07, 6.45) is -1.24. The number of rotatable bonds is 1. The Labute approximate surface area is 57.1 Å². The van der Waals surface area contributed by atoms with E-state index >= 15 is 0 Å². The highest BCUT2D eigenvalue weighted by molar-refractivity contribution is 5.73. The molecule has 0 saturated carbocycles. The van der Waals surface area contributed by atoms with Crippen LogP contribution in [-0.2, 0) is 14.3 Å². The number of esters is 1. The highest BCUT2D eigenvalue weighted by Crippen LogP contribution is 2.08. The summed E-state index contributed by atoms with van der Waals surface area (Å²) in [6.45, 7) is 0.127. The van der Waals surface area contributed by atoms with Crippen LogP contribution in [0.4, 0.5) is 4.79 Å². The summed E-state index contributed by atoms with van der Waals surface area (Å²) in [4.78, 5) is 20.5. The fourth-order valence-electron chi connectivity index (χ4n) is 0.730. The molecule has 5 heteroatoms. The van der Waals surface area contributed by atoms with Gasteiger partial charge in [-0.1, -0.05) is 0 Å². The standard InChI is InChI=1S/C5H7NO4/c6-5(8)10-3-1-4(7)9-2-3/h3H,1-2H2,(H2,6,8)/t3-/m0/s1. The summed E-state index contributed by atoms with van der Waals surface area (Å²) in [5.74, 6) is -0.355. The third-order valence-electron chi connectivity index (χ3n) is 1.11. The van der Waals surface area contributed by atoms with Gasteiger partial charge < -0.3 is 15.2 Å². The molecule has 0 aromatic rings. The number of hydrogen-bond acceptors (Lipinski definition) is 4. The smallest absolute Gasteiger partial charge is 0.404 e. The molecule has 0 aromatic heterocycles. The second kappa shape index (κ2) is 2.55. The Balaban J connectivity index is 2.31. The van der Waals surface area contributed by atoms with Crippen molar-refractivity contribution in [2.45, 2.75) is 12.5 Å². The van der Waals surface area contributed by atoms with Crippen LogP contribution in [0.15, 0.2) is 0 Å². The maximum absolute atomic E-state index is 10.4. The quantitative estimate of drug-likeness (QED) is 0.499. The molecule has 0 unspecified atom stereocenters. The number of carbonyl (C=O) groups excluding carboxylic acids is 2.